The third-order valence-corrected chi connectivity index (χ3v) is 3.45. The standard InChI is InChI=1S/C14H23N3O/c1-14(2,3)11-4-6-17(7-5-11)10-13-8-12(9-15)16-18-13/h4,8H,5-7,9-10,15H2,1-3H3. The quantitative estimate of drug-likeness (QED) is 0.835. The smallest absolute Gasteiger partial charge is 0.151 e. The van der Waals surface area contributed by atoms with Crippen molar-refractivity contribution in [1.82, 2.24) is 10.1 Å². The zero-order valence-electron chi connectivity index (χ0n) is 11.6. The van der Waals surface area contributed by atoms with E-state index in [1.54, 1.807) is 5.57 Å². The summed E-state index contributed by atoms with van der Waals surface area (Å²) >= 11 is 0. The molecule has 0 amide bonds. The van der Waals surface area contributed by atoms with Gasteiger partial charge in [-0.1, -0.05) is 37.6 Å². The average Bonchev–Trinajstić information content (AvgIpc) is 2.76. The molecule has 1 aromatic heterocycles. The predicted octanol–water partition coefficient (Wildman–Crippen LogP) is 2.31. The van der Waals surface area contributed by atoms with Crippen molar-refractivity contribution in [3.05, 3.63) is 29.2 Å². The van der Waals surface area contributed by atoms with Crippen molar-refractivity contribution in [3.63, 3.8) is 0 Å². The van der Waals surface area contributed by atoms with E-state index in [2.05, 4.69) is 36.9 Å². The largest absolute Gasteiger partial charge is 0.360 e. The third-order valence-electron chi connectivity index (χ3n) is 3.45. The first-order chi connectivity index (χ1) is 8.49. The van der Waals surface area contributed by atoms with Crippen molar-refractivity contribution in [3.8, 4) is 0 Å². The first kappa shape index (κ1) is 13.3. The van der Waals surface area contributed by atoms with Crippen LogP contribution in [0, 0.1) is 5.41 Å². The molecule has 18 heavy (non-hydrogen) atoms. The van der Waals surface area contributed by atoms with Crippen molar-refractivity contribution in [1.29, 1.82) is 0 Å². The van der Waals surface area contributed by atoms with Gasteiger partial charge in [-0.25, -0.2) is 0 Å². The summed E-state index contributed by atoms with van der Waals surface area (Å²) in [5.41, 5.74) is 8.19. The molecule has 0 fully saturated rings. The monoisotopic (exact) mass is 249 g/mol. The lowest BCUT2D eigenvalue weighted by Gasteiger charge is -2.31. The minimum Gasteiger partial charge on any atom is -0.360 e. The minimum atomic E-state index is 0.297. The molecule has 0 saturated heterocycles. The van der Waals surface area contributed by atoms with E-state index in [4.69, 9.17) is 10.3 Å². The highest BCUT2D eigenvalue weighted by Crippen LogP contribution is 2.30. The van der Waals surface area contributed by atoms with E-state index >= 15 is 0 Å². The van der Waals surface area contributed by atoms with Crippen molar-refractivity contribution in [2.45, 2.75) is 40.3 Å². The molecule has 0 radical (unpaired) electrons. The fourth-order valence-electron chi connectivity index (χ4n) is 2.28. The van der Waals surface area contributed by atoms with Gasteiger partial charge >= 0.3 is 0 Å². The summed E-state index contributed by atoms with van der Waals surface area (Å²) < 4.78 is 5.26. The number of hydrogen-bond donors (Lipinski definition) is 1. The molecule has 4 heteroatoms. The minimum absolute atomic E-state index is 0.297. The Morgan fingerprint density at radius 2 is 2.22 bits per heavy atom. The summed E-state index contributed by atoms with van der Waals surface area (Å²) in [6, 6.07) is 1.95. The molecule has 4 nitrogen and oxygen atoms in total. The molecule has 0 atom stereocenters. The van der Waals surface area contributed by atoms with Gasteiger partial charge in [-0.15, -0.1) is 0 Å². The Balaban J connectivity index is 1.92. The number of aromatic nitrogens is 1. The fourth-order valence-corrected chi connectivity index (χ4v) is 2.28. The highest BCUT2D eigenvalue weighted by molar-refractivity contribution is 5.15. The third kappa shape index (κ3) is 3.21. The summed E-state index contributed by atoms with van der Waals surface area (Å²) in [7, 11) is 0. The average molecular weight is 249 g/mol. The van der Waals surface area contributed by atoms with E-state index in [0.717, 1.165) is 37.5 Å². The number of nitrogens with two attached hydrogens (primary N) is 1. The van der Waals surface area contributed by atoms with Crippen molar-refractivity contribution in [2.75, 3.05) is 13.1 Å². The maximum Gasteiger partial charge on any atom is 0.151 e. The molecule has 0 aromatic carbocycles. The lowest BCUT2D eigenvalue weighted by atomic mass is 9.83. The van der Waals surface area contributed by atoms with E-state index in [1.165, 1.54) is 0 Å². The second-order valence-corrected chi connectivity index (χ2v) is 5.95. The van der Waals surface area contributed by atoms with Gasteiger partial charge in [-0.3, -0.25) is 4.90 Å². The Kier molecular flexibility index (Phi) is 3.88. The van der Waals surface area contributed by atoms with Gasteiger partial charge in [0.25, 0.3) is 0 Å². The zero-order chi connectivity index (χ0) is 13.2. The van der Waals surface area contributed by atoms with Crippen LogP contribution in [-0.2, 0) is 13.1 Å². The van der Waals surface area contributed by atoms with Crippen LogP contribution in [0.4, 0.5) is 0 Å². The SMILES string of the molecule is CC(C)(C)C1=CCN(Cc2cc(CN)no2)CC1. The first-order valence-electron chi connectivity index (χ1n) is 6.55. The maximum absolute atomic E-state index is 5.52. The number of rotatable bonds is 3. The molecular weight excluding hydrogens is 226 g/mol. The van der Waals surface area contributed by atoms with Gasteiger partial charge in [0.15, 0.2) is 5.76 Å². The lowest BCUT2D eigenvalue weighted by Crippen LogP contribution is -2.30. The molecule has 0 aliphatic carbocycles. The highest BCUT2D eigenvalue weighted by Gasteiger charge is 2.21. The Bertz CT molecular complexity index is 428. The van der Waals surface area contributed by atoms with Gasteiger partial charge in [-0.2, -0.15) is 0 Å². The van der Waals surface area contributed by atoms with E-state index in [-0.39, 0.29) is 0 Å². The van der Waals surface area contributed by atoms with Gasteiger partial charge in [0, 0.05) is 25.7 Å². The molecule has 1 aromatic rings. The van der Waals surface area contributed by atoms with Crippen LogP contribution >= 0.6 is 0 Å². The van der Waals surface area contributed by atoms with Crippen LogP contribution < -0.4 is 5.73 Å². The van der Waals surface area contributed by atoms with Crippen LogP contribution in [0.2, 0.25) is 0 Å². The number of nitrogens with zero attached hydrogens (tertiary/aromatic N) is 2. The predicted molar refractivity (Wildman–Crippen MR) is 71.8 cm³/mol. The summed E-state index contributed by atoms with van der Waals surface area (Å²) in [4.78, 5) is 2.37. The first-order valence-corrected chi connectivity index (χ1v) is 6.55. The molecule has 0 unspecified atom stereocenters. The summed E-state index contributed by atoms with van der Waals surface area (Å²) in [6.07, 6.45) is 3.49. The van der Waals surface area contributed by atoms with Gasteiger partial charge in [-0.05, 0) is 11.8 Å². The van der Waals surface area contributed by atoms with E-state index in [1.807, 2.05) is 6.07 Å². The topological polar surface area (TPSA) is 55.3 Å². The fraction of sp³-hybridized carbons (Fsp3) is 0.643. The van der Waals surface area contributed by atoms with Crippen LogP contribution in [-0.4, -0.2) is 23.1 Å². The van der Waals surface area contributed by atoms with Gasteiger partial charge in [0.1, 0.15) is 0 Å². The van der Waals surface area contributed by atoms with Crippen LogP contribution in [0.3, 0.4) is 0 Å². The summed E-state index contributed by atoms with van der Waals surface area (Å²) in [5, 5.41) is 3.91. The molecular formula is C14H23N3O. The van der Waals surface area contributed by atoms with Crippen molar-refractivity contribution >= 4 is 0 Å². The van der Waals surface area contributed by atoms with Crippen LogP contribution in [0.1, 0.15) is 38.6 Å². The van der Waals surface area contributed by atoms with Crippen LogP contribution in [0.25, 0.3) is 0 Å². The van der Waals surface area contributed by atoms with E-state index in [9.17, 15) is 0 Å². The Hall–Kier alpha value is -1.13. The Morgan fingerprint density at radius 1 is 1.44 bits per heavy atom. The lowest BCUT2D eigenvalue weighted by molar-refractivity contribution is 0.236. The molecule has 1 aliphatic rings. The molecule has 1 aliphatic heterocycles. The second kappa shape index (κ2) is 5.24. The van der Waals surface area contributed by atoms with Gasteiger partial charge in [0.2, 0.25) is 0 Å². The van der Waals surface area contributed by atoms with Gasteiger partial charge < -0.3 is 10.3 Å². The van der Waals surface area contributed by atoms with Gasteiger partial charge in [0.05, 0.1) is 12.2 Å². The number of hydrogen-bond acceptors (Lipinski definition) is 4. The zero-order valence-corrected chi connectivity index (χ0v) is 11.6. The molecule has 2 rings (SSSR count). The Morgan fingerprint density at radius 3 is 2.72 bits per heavy atom. The highest BCUT2D eigenvalue weighted by atomic mass is 16.5. The summed E-state index contributed by atoms with van der Waals surface area (Å²) in [5.74, 6) is 0.906. The molecule has 0 spiro atoms. The molecule has 0 bridgehead atoms. The van der Waals surface area contributed by atoms with Crippen LogP contribution in [0.5, 0.6) is 0 Å². The second-order valence-electron chi connectivity index (χ2n) is 5.95. The molecule has 2 heterocycles. The van der Waals surface area contributed by atoms with E-state index < -0.39 is 0 Å². The Labute approximate surface area is 109 Å². The normalized spacial score (nSPS) is 17.9. The summed E-state index contributed by atoms with van der Waals surface area (Å²) in [6.45, 7) is 10.2. The molecule has 2 N–H and O–H groups in total. The molecule has 0 saturated carbocycles. The van der Waals surface area contributed by atoms with Crippen LogP contribution in [0.15, 0.2) is 22.2 Å². The van der Waals surface area contributed by atoms with Crippen molar-refractivity contribution in [2.24, 2.45) is 11.1 Å². The van der Waals surface area contributed by atoms with Crippen molar-refractivity contribution < 1.29 is 4.52 Å². The maximum atomic E-state index is 5.52. The van der Waals surface area contributed by atoms with E-state index in [0.29, 0.717) is 12.0 Å². The molecule has 100 valence electrons.